The van der Waals surface area contributed by atoms with Crippen LogP contribution in [0.4, 0.5) is 5.13 Å². The molecule has 1 amide bonds. The zero-order valence-corrected chi connectivity index (χ0v) is 13.6. The van der Waals surface area contributed by atoms with Crippen LogP contribution in [0.25, 0.3) is 6.08 Å². The maximum atomic E-state index is 12.2. The molecule has 0 saturated carbocycles. The van der Waals surface area contributed by atoms with Crippen LogP contribution in [-0.2, 0) is 4.79 Å². The number of benzene rings is 1. The molecule has 0 radical (unpaired) electrons. The maximum Gasteiger partial charge on any atom is 0.298 e. The third kappa shape index (κ3) is 3.79. The van der Waals surface area contributed by atoms with Crippen LogP contribution < -0.4 is 4.90 Å². The molecule has 0 aliphatic carbocycles. The lowest BCUT2D eigenvalue weighted by atomic mass is 10.1. The molecule has 0 bridgehead atoms. The molecule has 2 aromatic rings. The summed E-state index contributed by atoms with van der Waals surface area (Å²) in [5.74, 6) is 5.57. The molecule has 2 heterocycles. The lowest BCUT2D eigenvalue weighted by Gasteiger charge is -2.33. The van der Waals surface area contributed by atoms with Crippen molar-refractivity contribution in [2.75, 3.05) is 31.1 Å². The zero-order valence-electron chi connectivity index (χ0n) is 12.7. The number of carbonyl (C=O) groups excluding carboxylic acids is 1. The van der Waals surface area contributed by atoms with E-state index >= 15 is 0 Å². The third-order valence-corrected chi connectivity index (χ3v) is 4.53. The van der Waals surface area contributed by atoms with Crippen LogP contribution in [0.15, 0.2) is 42.4 Å². The Labute approximate surface area is 140 Å². The van der Waals surface area contributed by atoms with Crippen molar-refractivity contribution in [3.63, 3.8) is 0 Å². The number of hydrogen-bond acceptors (Lipinski definition) is 4. The summed E-state index contributed by atoms with van der Waals surface area (Å²) in [6.07, 6.45) is 3.57. The Morgan fingerprint density at radius 1 is 1.30 bits per heavy atom. The normalized spacial score (nSPS) is 14.1. The summed E-state index contributed by atoms with van der Waals surface area (Å²) in [5.41, 5.74) is 1.83. The minimum absolute atomic E-state index is 0.118. The highest BCUT2D eigenvalue weighted by molar-refractivity contribution is 7.13. The first-order valence-corrected chi connectivity index (χ1v) is 8.32. The van der Waals surface area contributed by atoms with Crippen molar-refractivity contribution < 1.29 is 4.79 Å². The first kappa shape index (κ1) is 15.3. The number of amides is 1. The molecule has 5 heteroatoms. The molecular weight excluding hydrogens is 306 g/mol. The SMILES string of the molecule is C=Cc1cccc(C#CC(=O)N2CCN(c3nccs3)CC2)c1. The van der Waals surface area contributed by atoms with E-state index in [4.69, 9.17) is 0 Å². The predicted molar refractivity (Wildman–Crippen MR) is 94.3 cm³/mol. The van der Waals surface area contributed by atoms with Gasteiger partial charge in [-0.05, 0) is 17.7 Å². The molecule has 1 aliphatic rings. The van der Waals surface area contributed by atoms with Gasteiger partial charge in [0.25, 0.3) is 5.91 Å². The number of thiazole rings is 1. The van der Waals surface area contributed by atoms with Gasteiger partial charge in [0.05, 0.1) is 0 Å². The summed E-state index contributed by atoms with van der Waals surface area (Å²) in [5, 5.41) is 2.99. The highest BCUT2D eigenvalue weighted by atomic mass is 32.1. The fourth-order valence-electron chi connectivity index (χ4n) is 2.42. The van der Waals surface area contributed by atoms with E-state index in [0.717, 1.165) is 29.3 Å². The summed E-state index contributed by atoms with van der Waals surface area (Å²) in [7, 11) is 0. The Kier molecular flexibility index (Phi) is 4.74. The van der Waals surface area contributed by atoms with Crippen LogP contribution in [0, 0.1) is 11.8 Å². The summed E-state index contributed by atoms with van der Waals surface area (Å²) in [6.45, 7) is 6.69. The molecule has 23 heavy (non-hydrogen) atoms. The molecule has 1 aromatic carbocycles. The Morgan fingerprint density at radius 3 is 2.83 bits per heavy atom. The fraction of sp³-hybridized carbons (Fsp3) is 0.222. The van der Waals surface area contributed by atoms with Crippen molar-refractivity contribution in [2.24, 2.45) is 0 Å². The fourth-order valence-corrected chi connectivity index (χ4v) is 3.12. The van der Waals surface area contributed by atoms with Crippen LogP contribution in [-0.4, -0.2) is 42.0 Å². The van der Waals surface area contributed by atoms with E-state index in [9.17, 15) is 4.79 Å². The second-order valence-corrected chi connectivity index (χ2v) is 6.05. The average Bonchev–Trinajstić information content (AvgIpc) is 3.14. The van der Waals surface area contributed by atoms with Crippen molar-refractivity contribution in [3.8, 4) is 11.8 Å². The topological polar surface area (TPSA) is 36.4 Å². The number of hydrogen-bond donors (Lipinski definition) is 0. The summed E-state index contributed by atoms with van der Waals surface area (Å²) in [4.78, 5) is 20.5. The Balaban J connectivity index is 1.60. The van der Waals surface area contributed by atoms with Crippen LogP contribution in [0.2, 0.25) is 0 Å². The quantitative estimate of drug-likeness (QED) is 0.797. The molecule has 0 unspecified atom stereocenters. The largest absolute Gasteiger partial charge is 0.345 e. The van der Waals surface area contributed by atoms with Crippen molar-refractivity contribution in [3.05, 3.63) is 53.5 Å². The zero-order chi connectivity index (χ0) is 16.1. The van der Waals surface area contributed by atoms with Crippen LogP contribution in [0.3, 0.4) is 0 Å². The number of rotatable bonds is 2. The minimum atomic E-state index is -0.118. The lowest BCUT2D eigenvalue weighted by Crippen LogP contribution is -2.48. The van der Waals surface area contributed by atoms with Crippen molar-refractivity contribution in [1.82, 2.24) is 9.88 Å². The van der Waals surface area contributed by atoms with Gasteiger partial charge in [-0.1, -0.05) is 30.7 Å². The molecule has 116 valence electrons. The van der Waals surface area contributed by atoms with Crippen LogP contribution >= 0.6 is 11.3 Å². The highest BCUT2D eigenvalue weighted by Crippen LogP contribution is 2.18. The van der Waals surface area contributed by atoms with Crippen LogP contribution in [0.5, 0.6) is 0 Å². The van der Waals surface area contributed by atoms with Gasteiger partial charge in [-0.15, -0.1) is 11.3 Å². The number of piperazine rings is 1. The van der Waals surface area contributed by atoms with E-state index in [2.05, 4.69) is 28.3 Å². The second kappa shape index (κ2) is 7.12. The van der Waals surface area contributed by atoms with Gasteiger partial charge < -0.3 is 9.80 Å². The van der Waals surface area contributed by atoms with Gasteiger partial charge in [-0.2, -0.15) is 0 Å². The van der Waals surface area contributed by atoms with Crippen LogP contribution in [0.1, 0.15) is 11.1 Å². The molecule has 0 N–H and O–H groups in total. The molecular formula is C18H17N3OS. The number of nitrogens with zero attached hydrogens (tertiary/aromatic N) is 3. The van der Waals surface area contributed by atoms with E-state index in [1.54, 1.807) is 28.5 Å². The lowest BCUT2D eigenvalue weighted by molar-refractivity contribution is -0.125. The smallest absolute Gasteiger partial charge is 0.298 e. The van der Waals surface area contributed by atoms with Crippen molar-refractivity contribution >= 4 is 28.5 Å². The van der Waals surface area contributed by atoms with E-state index in [1.807, 2.05) is 29.6 Å². The van der Waals surface area contributed by atoms with Gasteiger partial charge in [-0.25, -0.2) is 4.98 Å². The van der Waals surface area contributed by atoms with E-state index in [0.29, 0.717) is 13.1 Å². The summed E-state index contributed by atoms with van der Waals surface area (Å²) in [6, 6.07) is 7.69. The number of anilines is 1. The molecule has 3 rings (SSSR count). The second-order valence-electron chi connectivity index (χ2n) is 5.17. The van der Waals surface area contributed by atoms with Crippen molar-refractivity contribution in [1.29, 1.82) is 0 Å². The minimum Gasteiger partial charge on any atom is -0.345 e. The van der Waals surface area contributed by atoms with Crippen molar-refractivity contribution in [2.45, 2.75) is 0 Å². The highest BCUT2D eigenvalue weighted by Gasteiger charge is 2.21. The van der Waals surface area contributed by atoms with Gasteiger partial charge >= 0.3 is 0 Å². The predicted octanol–water partition coefficient (Wildman–Crippen LogP) is 2.49. The average molecular weight is 323 g/mol. The van der Waals surface area contributed by atoms with Gasteiger partial charge in [0, 0.05) is 49.2 Å². The first-order chi connectivity index (χ1) is 11.3. The summed E-state index contributed by atoms with van der Waals surface area (Å²) < 4.78 is 0. The van der Waals surface area contributed by atoms with Gasteiger partial charge in [0.1, 0.15) is 0 Å². The van der Waals surface area contributed by atoms with E-state index in [-0.39, 0.29) is 5.91 Å². The first-order valence-electron chi connectivity index (χ1n) is 7.44. The van der Waals surface area contributed by atoms with Gasteiger partial charge in [-0.3, -0.25) is 4.79 Å². The van der Waals surface area contributed by atoms with Gasteiger partial charge in [0.2, 0.25) is 0 Å². The Bertz CT molecular complexity index is 750. The monoisotopic (exact) mass is 323 g/mol. The summed E-state index contributed by atoms with van der Waals surface area (Å²) >= 11 is 1.63. The van der Waals surface area contributed by atoms with Gasteiger partial charge in [0.15, 0.2) is 5.13 Å². The molecule has 4 nitrogen and oxygen atoms in total. The van der Waals surface area contributed by atoms with E-state index in [1.165, 1.54) is 0 Å². The number of carbonyl (C=O) groups is 1. The maximum absolute atomic E-state index is 12.2. The molecule has 0 spiro atoms. The Morgan fingerprint density at radius 2 is 2.13 bits per heavy atom. The molecule has 1 aromatic heterocycles. The Hall–Kier alpha value is -2.58. The van der Waals surface area contributed by atoms with E-state index < -0.39 is 0 Å². The molecule has 1 saturated heterocycles. The molecule has 0 atom stereocenters. The molecule has 1 fully saturated rings. The number of aromatic nitrogens is 1. The standard InChI is InChI=1S/C18H17N3OS/c1-2-15-4-3-5-16(14-15)6-7-17(22)20-9-11-21(12-10-20)18-19-8-13-23-18/h2-5,8,13-14H,1,9-12H2. The molecule has 1 aliphatic heterocycles. The third-order valence-electron chi connectivity index (χ3n) is 3.69.